The maximum Gasteiger partial charge on any atom is 0.0126 e. The van der Waals surface area contributed by atoms with Crippen molar-refractivity contribution in [3.63, 3.8) is 0 Å². The molecule has 0 atom stereocenters. The van der Waals surface area contributed by atoms with Crippen molar-refractivity contribution in [3.05, 3.63) is 0 Å². The van der Waals surface area contributed by atoms with Gasteiger partial charge in [0, 0.05) is 31.7 Å². The van der Waals surface area contributed by atoms with Gasteiger partial charge in [-0.25, -0.2) is 0 Å². The van der Waals surface area contributed by atoms with Crippen molar-refractivity contribution in [1.29, 1.82) is 0 Å². The third-order valence-corrected chi connectivity index (χ3v) is 3.27. The first-order valence-corrected chi connectivity index (χ1v) is 6.25. The Kier molecular flexibility index (Phi) is 4.74. The molecule has 0 aromatic carbocycles. The molecule has 0 aromatic rings. The highest BCUT2D eigenvalue weighted by molar-refractivity contribution is 7.80. The van der Waals surface area contributed by atoms with Gasteiger partial charge in [-0.2, -0.15) is 12.6 Å². The first kappa shape index (κ1) is 12.3. The lowest BCUT2D eigenvalue weighted by molar-refractivity contribution is 0.0626. The largest absolute Gasteiger partial charge is 0.301 e. The molecule has 0 saturated carbocycles. The molecule has 84 valence electrons. The Bertz CT molecular complexity index is 157. The molecule has 2 nitrogen and oxygen atoms in total. The SMILES string of the molecule is CC(C)(C)N1CCN(CCCS)CC1. The van der Waals surface area contributed by atoms with Crippen LogP contribution in [0.3, 0.4) is 0 Å². The Balaban J connectivity index is 2.24. The van der Waals surface area contributed by atoms with Gasteiger partial charge in [0.25, 0.3) is 0 Å². The molecular formula is C11H24N2S. The Morgan fingerprint density at radius 1 is 1.07 bits per heavy atom. The van der Waals surface area contributed by atoms with Crippen LogP contribution < -0.4 is 0 Å². The van der Waals surface area contributed by atoms with Gasteiger partial charge in [-0.05, 0) is 39.5 Å². The second kappa shape index (κ2) is 5.38. The smallest absolute Gasteiger partial charge is 0.0126 e. The van der Waals surface area contributed by atoms with E-state index in [1.54, 1.807) is 0 Å². The number of piperazine rings is 1. The van der Waals surface area contributed by atoms with Crippen LogP contribution in [0.25, 0.3) is 0 Å². The molecular weight excluding hydrogens is 192 g/mol. The standard InChI is InChI=1S/C11H24N2S/c1-11(2,3)13-8-6-12(7-9-13)5-4-10-14/h14H,4-10H2,1-3H3. The number of nitrogens with zero attached hydrogens (tertiary/aromatic N) is 2. The third-order valence-electron chi connectivity index (χ3n) is 2.95. The summed E-state index contributed by atoms with van der Waals surface area (Å²) < 4.78 is 0. The Hall–Kier alpha value is 0.270. The summed E-state index contributed by atoms with van der Waals surface area (Å²) in [5, 5.41) is 0. The summed E-state index contributed by atoms with van der Waals surface area (Å²) in [6, 6.07) is 0. The van der Waals surface area contributed by atoms with Gasteiger partial charge in [0.2, 0.25) is 0 Å². The van der Waals surface area contributed by atoms with E-state index in [2.05, 4.69) is 43.2 Å². The van der Waals surface area contributed by atoms with Crippen LogP contribution >= 0.6 is 12.6 Å². The Morgan fingerprint density at radius 2 is 1.64 bits per heavy atom. The van der Waals surface area contributed by atoms with Crippen LogP contribution in [0.2, 0.25) is 0 Å². The fourth-order valence-corrected chi connectivity index (χ4v) is 2.08. The van der Waals surface area contributed by atoms with Gasteiger partial charge in [-0.15, -0.1) is 0 Å². The summed E-state index contributed by atoms with van der Waals surface area (Å²) >= 11 is 4.25. The van der Waals surface area contributed by atoms with E-state index in [9.17, 15) is 0 Å². The van der Waals surface area contributed by atoms with E-state index in [-0.39, 0.29) is 0 Å². The molecule has 3 heteroatoms. The average Bonchev–Trinajstić information content (AvgIpc) is 2.14. The molecule has 0 aliphatic carbocycles. The zero-order valence-electron chi connectivity index (χ0n) is 9.79. The summed E-state index contributed by atoms with van der Waals surface area (Å²) in [5.74, 6) is 1.01. The molecule has 0 radical (unpaired) electrons. The number of hydrogen-bond donors (Lipinski definition) is 1. The molecule has 0 aromatic heterocycles. The van der Waals surface area contributed by atoms with Crippen LogP contribution in [-0.2, 0) is 0 Å². The highest BCUT2D eigenvalue weighted by Crippen LogP contribution is 2.15. The molecule has 0 spiro atoms. The third kappa shape index (κ3) is 3.79. The van der Waals surface area contributed by atoms with Crippen LogP contribution in [0.4, 0.5) is 0 Å². The average molecular weight is 216 g/mol. The van der Waals surface area contributed by atoms with E-state index in [4.69, 9.17) is 0 Å². The second-order valence-electron chi connectivity index (χ2n) is 5.08. The molecule has 1 fully saturated rings. The summed E-state index contributed by atoms with van der Waals surface area (Å²) in [7, 11) is 0. The van der Waals surface area contributed by atoms with Crippen molar-refractivity contribution in [3.8, 4) is 0 Å². The number of hydrogen-bond acceptors (Lipinski definition) is 3. The van der Waals surface area contributed by atoms with Gasteiger partial charge in [-0.1, -0.05) is 0 Å². The van der Waals surface area contributed by atoms with E-state index >= 15 is 0 Å². The van der Waals surface area contributed by atoms with Crippen molar-refractivity contribution in [2.75, 3.05) is 38.5 Å². The molecule has 14 heavy (non-hydrogen) atoms. The van der Waals surface area contributed by atoms with Crippen LogP contribution in [0.5, 0.6) is 0 Å². The molecule has 1 saturated heterocycles. The van der Waals surface area contributed by atoms with E-state index in [1.807, 2.05) is 0 Å². The zero-order chi connectivity index (χ0) is 10.6. The maximum atomic E-state index is 4.25. The van der Waals surface area contributed by atoms with Crippen molar-refractivity contribution in [2.24, 2.45) is 0 Å². The molecule has 1 aliphatic heterocycles. The minimum Gasteiger partial charge on any atom is -0.301 e. The molecule has 0 bridgehead atoms. The van der Waals surface area contributed by atoms with Gasteiger partial charge in [0.15, 0.2) is 0 Å². The van der Waals surface area contributed by atoms with Crippen molar-refractivity contribution in [1.82, 2.24) is 9.80 Å². The van der Waals surface area contributed by atoms with Crippen molar-refractivity contribution < 1.29 is 0 Å². The molecule has 0 N–H and O–H groups in total. The van der Waals surface area contributed by atoms with E-state index in [1.165, 1.54) is 39.1 Å². The Labute approximate surface area is 94.1 Å². The van der Waals surface area contributed by atoms with E-state index in [0.717, 1.165) is 5.75 Å². The maximum absolute atomic E-state index is 4.25. The van der Waals surface area contributed by atoms with Gasteiger partial charge in [-0.3, -0.25) is 4.90 Å². The van der Waals surface area contributed by atoms with Gasteiger partial charge in [0.05, 0.1) is 0 Å². The Morgan fingerprint density at radius 3 is 2.07 bits per heavy atom. The van der Waals surface area contributed by atoms with Gasteiger partial charge >= 0.3 is 0 Å². The van der Waals surface area contributed by atoms with Gasteiger partial charge < -0.3 is 4.90 Å². The van der Waals surface area contributed by atoms with E-state index < -0.39 is 0 Å². The number of rotatable bonds is 3. The zero-order valence-corrected chi connectivity index (χ0v) is 10.7. The minimum absolute atomic E-state index is 0.343. The fraction of sp³-hybridized carbons (Fsp3) is 1.00. The monoisotopic (exact) mass is 216 g/mol. The van der Waals surface area contributed by atoms with Crippen LogP contribution in [0, 0.1) is 0 Å². The highest BCUT2D eigenvalue weighted by atomic mass is 32.1. The van der Waals surface area contributed by atoms with E-state index in [0.29, 0.717) is 5.54 Å². The second-order valence-corrected chi connectivity index (χ2v) is 5.52. The first-order valence-electron chi connectivity index (χ1n) is 5.62. The van der Waals surface area contributed by atoms with Crippen molar-refractivity contribution in [2.45, 2.75) is 32.7 Å². The summed E-state index contributed by atoms with van der Waals surface area (Å²) in [5.41, 5.74) is 0.343. The lowest BCUT2D eigenvalue weighted by Gasteiger charge is -2.42. The molecule has 1 heterocycles. The van der Waals surface area contributed by atoms with Crippen LogP contribution in [0.15, 0.2) is 0 Å². The molecule has 0 unspecified atom stereocenters. The minimum atomic E-state index is 0.343. The molecule has 0 amide bonds. The lowest BCUT2D eigenvalue weighted by Crippen LogP contribution is -2.53. The normalized spacial score (nSPS) is 21.4. The van der Waals surface area contributed by atoms with Crippen molar-refractivity contribution >= 4 is 12.6 Å². The van der Waals surface area contributed by atoms with Crippen LogP contribution in [0.1, 0.15) is 27.2 Å². The lowest BCUT2D eigenvalue weighted by atomic mass is 10.1. The topological polar surface area (TPSA) is 6.48 Å². The molecule has 1 aliphatic rings. The van der Waals surface area contributed by atoms with Gasteiger partial charge in [0.1, 0.15) is 0 Å². The predicted molar refractivity (Wildman–Crippen MR) is 66.2 cm³/mol. The molecule has 1 rings (SSSR count). The summed E-state index contributed by atoms with van der Waals surface area (Å²) in [6.07, 6.45) is 1.22. The highest BCUT2D eigenvalue weighted by Gasteiger charge is 2.25. The van der Waals surface area contributed by atoms with Crippen LogP contribution in [-0.4, -0.2) is 53.8 Å². The summed E-state index contributed by atoms with van der Waals surface area (Å²) in [4.78, 5) is 5.13. The first-order chi connectivity index (χ1) is 6.54. The quantitative estimate of drug-likeness (QED) is 0.718. The number of thiol groups is 1. The predicted octanol–water partition coefficient (Wildman–Crippen LogP) is 1.72. The summed E-state index contributed by atoms with van der Waals surface area (Å²) in [6.45, 7) is 13.0. The fourth-order valence-electron chi connectivity index (χ4n) is 1.94.